The molecule has 15 heteroatoms. The molecule has 3 aromatic heterocycles. The van der Waals surface area contributed by atoms with Crippen LogP contribution in [0.15, 0.2) is 54.6 Å². The van der Waals surface area contributed by atoms with Gasteiger partial charge in [0.05, 0.1) is 41.3 Å². The fourth-order valence-corrected chi connectivity index (χ4v) is 9.48. The predicted molar refractivity (Wildman–Crippen MR) is 236 cm³/mol. The van der Waals surface area contributed by atoms with E-state index in [2.05, 4.69) is 74.1 Å². The van der Waals surface area contributed by atoms with Crippen LogP contribution in [-0.2, 0) is 25.5 Å². The van der Waals surface area contributed by atoms with Gasteiger partial charge in [0.1, 0.15) is 30.3 Å². The van der Waals surface area contributed by atoms with Gasteiger partial charge in [-0.15, -0.1) is 0 Å². The SMILES string of the molecule is COC(=O)NC(C(=O)N1CCCC1c1nc2ccc(-c3cc4cc5c(cc4[nH]3)C=C(c3ccc4nc(C6CCCN6C(=O)C(NC(=O)CO)C(C)C)[nH]c4c3)C5)cc2[nH]1)C(C)C. The number of fused-ring (bicyclic) bond motifs is 4. The monoisotopic (exact) mass is 839 g/mol. The number of hydrogen-bond donors (Lipinski definition) is 6. The van der Waals surface area contributed by atoms with Gasteiger partial charge < -0.3 is 45.2 Å². The number of hydrogen-bond acceptors (Lipinski definition) is 8. The van der Waals surface area contributed by atoms with Gasteiger partial charge >= 0.3 is 6.09 Å². The normalized spacial score (nSPS) is 18.5. The van der Waals surface area contributed by atoms with Crippen LogP contribution in [0.2, 0.25) is 0 Å². The number of aromatic amines is 3. The van der Waals surface area contributed by atoms with Gasteiger partial charge in [-0.25, -0.2) is 14.8 Å². The molecule has 322 valence electrons. The fraction of sp³-hybridized carbons (Fsp3) is 0.404. The average Bonchev–Trinajstić information content (AvgIpc) is 4.12. The minimum atomic E-state index is -0.723. The third-order valence-electron chi connectivity index (χ3n) is 12.8. The van der Waals surface area contributed by atoms with Gasteiger partial charge in [-0.05, 0) is 109 Å². The lowest BCUT2D eigenvalue weighted by molar-refractivity contribution is -0.139. The quantitative estimate of drug-likeness (QED) is 0.0846. The van der Waals surface area contributed by atoms with Gasteiger partial charge in [-0.3, -0.25) is 14.4 Å². The van der Waals surface area contributed by atoms with Crippen LogP contribution in [0.4, 0.5) is 4.79 Å². The largest absolute Gasteiger partial charge is 0.453 e. The van der Waals surface area contributed by atoms with E-state index in [1.165, 1.54) is 23.8 Å². The molecule has 4 atom stereocenters. The highest BCUT2D eigenvalue weighted by Crippen LogP contribution is 2.39. The predicted octanol–water partition coefficient (Wildman–Crippen LogP) is 6.52. The molecular weight excluding hydrogens is 787 g/mol. The number of ether oxygens (including phenoxy) is 1. The van der Waals surface area contributed by atoms with E-state index >= 15 is 0 Å². The molecule has 1 aliphatic carbocycles. The Balaban J connectivity index is 0.915. The summed E-state index contributed by atoms with van der Waals surface area (Å²) in [4.78, 5) is 75.5. The number of nitrogens with zero attached hydrogens (tertiary/aromatic N) is 4. The van der Waals surface area contributed by atoms with Crippen LogP contribution in [0.3, 0.4) is 0 Å². The van der Waals surface area contributed by atoms with Gasteiger partial charge in [0.2, 0.25) is 17.7 Å². The van der Waals surface area contributed by atoms with Crippen molar-refractivity contribution >= 4 is 68.4 Å². The Hall–Kier alpha value is -6.48. The van der Waals surface area contributed by atoms with Crippen LogP contribution in [0, 0.1) is 11.8 Å². The minimum absolute atomic E-state index is 0.110. The van der Waals surface area contributed by atoms with Crippen LogP contribution in [0.1, 0.15) is 93.8 Å². The number of aromatic nitrogens is 5. The smallest absolute Gasteiger partial charge is 0.407 e. The van der Waals surface area contributed by atoms with E-state index in [4.69, 9.17) is 14.7 Å². The summed E-state index contributed by atoms with van der Waals surface area (Å²) in [7, 11) is 1.29. The van der Waals surface area contributed by atoms with Gasteiger partial charge in [0.15, 0.2) is 0 Å². The summed E-state index contributed by atoms with van der Waals surface area (Å²) in [6.07, 6.45) is 5.65. The van der Waals surface area contributed by atoms with Crippen LogP contribution < -0.4 is 10.6 Å². The van der Waals surface area contributed by atoms with E-state index in [1.54, 1.807) is 0 Å². The van der Waals surface area contributed by atoms with E-state index in [0.29, 0.717) is 13.1 Å². The summed E-state index contributed by atoms with van der Waals surface area (Å²) >= 11 is 0. The van der Waals surface area contributed by atoms with E-state index < -0.39 is 30.7 Å². The van der Waals surface area contributed by atoms with Crippen LogP contribution in [0.25, 0.3) is 55.9 Å². The van der Waals surface area contributed by atoms with Crippen molar-refractivity contribution in [1.82, 2.24) is 45.4 Å². The van der Waals surface area contributed by atoms with Gasteiger partial charge in [-0.1, -0.05) is 45.9 Å². The maximum absolute atomic E-state index is 13.7. The van der Waals surface area contributed by atoms with Crippen molar-refractivity contribution in [2.24, 2.45) is 11.8 Å². The molecule has 9 rings (SSSR count). The van der Waals surface area contributed by atoms with E-state index in [0.717, 1.165) is 93.5 Å². The number of nitrogens with one attached hydrogen (secondary N) is 5. The second kappa shape index (κ2) is 16.4. The van der Waals surface area contributed by atoms with Crippen molar-refractivity contribution in [3.05, 3.63) is 82.9 Å². The molecule has 2 fully saturated rings. The Morgan fingerprint density at radius 3 is 1.92 bits per heavy atom. The molecule has 3 aliphatic rings. The Morgan fingerprint density at radius 2 is 1.34 bits per heavy atom. The zero-order valence-corrected chi connectivity index (χ0v) is 35.7. The van der Waals surface area contributed by atoms with Gasteiger partial charge in [0, 0.05) is 35.2 Å². The molecule has 2 saturated heterocycles. The molecule has 0 spiro atoms. The standard InChI is InChI=1S/C47H53N9O6/c1-24(2)41(53-40(58)23-57)45(59)55-14-6-8-38(55)43-49-32-12-10-26(19-36(32)51-43)28-16-29-18-31-22-34(48-35(31)21-30(29)17-28)27-11-13-33-37(20-27)52-44(50-33)39-9-7-15-56(39)46(60)42(25(3)4)54-47(61)62-5/h10-13,17-22,24-25,38-39,41-42,48,57H,6-9,14-16,23H2,1-5H3,(H,49,51)(H,50,52)(H,53,58)(H,54,61). The first-order valence-corrected chi connectivity index (χ1v) is 21.6. The van der Waals surface area contributed by atoms with Crippen molar-refractivity contribution in [3.63, 3.8) is 0 Å². The van der Waals surface area contributed by atoms with Crippen molar-refractivity contribution < 1.29 is 29.0 Å². The molecule has 4 amide bonds. The van der Waals surface area contributed by atoms with Crippen molar-refractivity contribution in [2.45, 2.75) is 84.0 Å². The average molecular weight is 840 g/mol. The number of benzene rings is 3. The third-order valence-corrected chi connectivity index (χ3v) is 12.8. The highest BCUT2D eigenvalue weighted by atomic mass is 16.5. The van der Waals surface area contributed by atoms with Crippen LogP contribution in [0.5, 0.6) is 0 Å². The summed E-state index contributed by atoms with van der Waals surface area (Å²) < 4.78 is 4.79. The van der Waals surface area contributed by atoms with Crippen molar-refractivity contribution in [3.8, 4) is 11.3 Å². The summed E-state index contributed by atoms with van der Waals surface area (Å²) in [5.41, 5.74) is 11.3. The summed E-state index contributed by atoms with van der Waals surface area (Å²) in [5, 5.41) is 15.8. The molecule has 62 heavy (non-hydrogen) atoms. The van der Waals surface area contributed by atoms with Crippen LogP contribution in [-0.4, -0.2) is 103 Å². The number of H-pyrrole nitrogens is 3. The number of carbonyl (C=O) groups excluding carboxylic acids is 4. The molecule has 5 heterocycles. The van der Waals surface area contributed by atoms with E-state index in [9.17, 15) is 24.3 Å². The number of aliphatic hydroxyl groups excluding tert-OH is 1. The number of amides is 4. The fourth-order valence-electron chi connectivity index (χ4n) is 9.48. The number of imidazole rings is 2. The molecule has 0 radical (unpaired) electrons. The minimum Gasteiger partial charge on any atom is -0.453 e. The topological polar surface area (TPSA) is 201 Å². The maximum atomic E-state index is 13.7. The lowest BCUT2D eigenvalue weighted by Gasteiger charge is -2.30. The first-order chi connectivity index (χ1) is 29.9. The molecular formula is C47H53N9O6. The van der Waals surface area contributed by atoms with E-state index in [-0.39, 0.29) is 35.7 Å². The highest BCUT2D eigenvalue weighted by Gasteiger charge is 2.39. The third kappa shape index (κ3) is 7.58. The molecule has 6 aromatic rings. The first kappa shape index (κ1) is 40.9. The van der Waals surface area contributed by atoms with Crippen molar-refractivity contribution in [1.29, 1.82) is 0 Å². The molecule has 15 nitrogen and oxygen atoms in total. The summed E-state index contributed by atoms with van der Waals surface area (Å²) in [6.45, 7) is 8.10. The molecule has 0 saturated carbocycles. The molecule has 4 unspecified atom stereocenters. The second-order valence-corrected chi connectivity index (χ2v) is 17.6. The zero-order valence-electron chi connectivity index (χ0n) is 35.7. The highest BCUT2D eigenvalue weighted by molar-refractivity contribution is 5.97. The summed E-state index contributed by atoms with van der Waals surface area (Å²) in [5.74, 6) is 0.365. The van der Waals surface area contributed by atoms with Crippen LogP contribution >= 0.6 is 0 Å². The van der Waals surface area contributed by atoms with E-state index in [1.807, 2.05) is 49.6 Å². The Kier molecular flexibility index (Phi) is 10.8. The second-order valence-electron chi connectivity index (χ2n) is 17.6. The number of carbonyl (C=O) groups is 4. The number of methoxy groups -OCH3 is 1. The van der Waals surface area contributed by atoms with Gasteiger partial charge in [-0.2, -0.15) is 0 Å². The number of alkyl carbamates (subject to hydrolysis) is 1. The molecule has 2 aliphatic heterocycles. The maximum Gasteiger partial charge on any atom is 0.407 e. The molecule has 0 bridgehead atoms. The Morgan fingerprint density at radius 1 is 0.758 bits per heavy atom. The number of likely N-dealkylation sites (tertiary alicyclic amines) is 2. The zero-order chi connectivity index (χ0) is 43.4. The lowest BCUT2D eigenvalue weighted by atomic mass is 10.0. The number of aliphatic hydroxyl groups is 1. The summed E-state index contributed by atoms with van der Waals surface area (Å²) in [6, 6.07) is 17.2. The molecule has 3 aromatic carbocycles. The lowest BCUT2D eigenvalue weighted by Crippen LogP contribution is -2.51. The first-order valence-electron chi connectivity index (χ1n) is 21.6. The van der Waals surface area contributed by atoms with Crippen molar-refractivity contribution in [2.75, 3.05) is 26.8 Å². The number of allylic oxidation sites excluding steroid dienone is 1. The Bertz CT molecular complexity index is 2760. The molecule has 6 N–H and O–H groups in total. The number of rotatable bonds is 11. The van der Waals surface area contributed by atoms with Gasteiger partial charge in [0.25, 0.3) is 0 Å². The Labute approximate surface area is 358 Å².